The standard InChI is InChI=1S/C17H28BrNOS/c1-3-9-19-16(11-15-10-14(18)12-21-15)17(20-2)13-7-5-4-6-8-13/h10,12-13,16-17,19H,3-9,11H2,1-2H3. The van der Waals surface area contributed by atoms with Crippen LogP contribution in [0.15, 0.2) is 15.9 Å². The molecule has 2 unspecified atom stereocenters. The van der Waals surface area contributed by atoms with Crippen molar-refractivity contribution < 1.29 is 4.74 Å². The van der Waals surface area contributed by atoms with Crippen LogP contribution < -0.4 is 5.32 Å². The monoisotopic (exact) mass is 373 g/mol. The molecule has 0 bridgehead atoms. The van der Waals surface area contributed by atoms with E-state index in [4.69, 9.17) is 4.74 Å². The van der Waals surface area contributed by atoms with Gasteiger partial charge in [-0.05, 0) is 60.1 Å². The molecule has 1 aromatic heterocycles. The quantitative estimate of drug-likeness (QED) is 0.690. The molecule has 2 atom stereocenters. The van der Waals surface area contributed by atoms with Gasteiger partial charge in [0.25, 0.3) is 0 Å². The van der Waals surface area contributed by atoms with E-state index in [9.17, 15) is 0 Å². The Kier molecular flexibility index (Phi) is 7.72. The summed E-state index contributed by atoms with van der Waals surface area (Å²) in [5, 5.41) is 5.92. The van der Waals surface area contributed by atoms with Crippen molar-refractivity contribution in [3.8, 4) is 0 Å². The Balaban J connectivity index is 2.04. The number of thiophene rings is 1. The Hall–Kier alpha value is 0.1000. The molecule has 1 aliphatic rings. The van der Waals surface area contributed by atoms with E-state index in [1.165, 1.54) is 47.9 Å². The molecular formula is C17H28BrNOS. The second kappa shape index (κ2) is 9.29. The molecule has 21 heavy (non-hydrogen) atoms. The fourth-order valence-electron chi connectivity index (χ4n) is 3.46. The zero-order valence-electron chi connectivity index (χ0n) is 13.2. The minimum Gasteiger partial charge on any atom is -0.380 e. The van der Waals surface area contributed by atoms with Crippen molar-refractivity contribution in [1.29, 1.82) is 0 Å². The van der Waals surface area contributed by atoms with Gasteiger partial charge in [0.2, 0.25) is 0 Å². The Labute approximate surface area is 141 Å². The lowest BCUT2D eigenvalue weighted by molar-refractivity contribution is 0.00852. The number of nitrogens with one attached hydrogen (secondary N) is 1. The molecule has 0 spiro atoms. The summed E-state index contributed by atoms with van der Waals surface area (Å²) in [6.45, 7) is 3.30. The van der Waals surface area contributed by atoms with Crippen LogP contribution >= 0.6 is 27.3 Å². The molecule has 0 aliphatic heterocycles. The van der Waals surface area contributed by atoms with E-state index >= 15 is 0 Å². The van der Waals surface area contributed by atoms with Gasteiger partial charge >= 0.3 is 0 Å². The van der Waals surface area contributed by atoms with E-state index in [0.29, 0.717) is 12.1 Å². The number of halogens is 1. The zero-order chi connectivity index (χ0) is 15.1. The van der Waals surface area contributed by atoms with Crippen LogP contribution in [0.25, 0.3) is 0 Å². The molecular weight excluding hydrogens is 346 g/mol. The van der Waals surface area contributed by atoms with Crippen molar-refractivity contribution in [2.75, 3.05) is 13.7 Å². The SMILES string of the molecule is CCCNC(Cc1cc(Br)cs1)C(OC)C1CCCCC1. The normalized spacial score (nSPS) is 19.6. The molecule has 1 N–H and O–H groups in total. The van der Waals surface area contributed by atoms with Crippen LogP contribution in [-0.4, -0.2) is 25.8 Å². The molecule has 1 fully saturated rings. The van der Waals surface area contributed by atoms with Crippen LogP contribution in [0, 0.1) is 5.92 Å². The lowest BCUT2D eigenvalue weighted by Crippen LogP contribution is -2.47. The topological polar surface area (TPSA) is 21.3 Å². The third-order valence-corrected chi connectivity index (χ3v) is 6.20. The summed E-state index contributed by atoms with van der Waals surface area (Å²) in [5.41, 5.74) is 0. The predicted molar refractivity (Wildman–Crippen MR) is 95.2 cm³/mol. The zero-order valence-corrected chi connectivity index (χ0v) is 15.6. The van der Waals surface area contributed by atoms with Crippen LogP contribution in [0.5, 0.6) is 0 Å². The molecule has 0 radical (unpaired) electrons. The first-order valence-electron chi connectivity index (χ1n) is 8.23. The van der Waals surface area contributed by atoms with Gasteiger partial charge in [-0.15, -0.1) is 11.3 Å². The van der Waals surface area contributed by atoms with E-state index in [0.717, 1.165) is 18.9 Å². The van der Waals surface area contributed by atoms with Crippen molar-refractivity contribution in [2.24, 2.45) is 5.92 Å². The summed E-state index contributed by atoms with van der Waals surface area (Å²) < 4.78 is 7.16. The molecule has 1 heterocycles. The average molecular weight is 374 g/mol. The average Bonchev–Trinajstić information content (AvgIpc) is 2.91. The van der Waals surface area contributed by atoms with Crippen LogP contribution in [0.3, 0.4) is 0 Å². The van der Waals surface area contributed by atoms with Gasteiger partial charge in [0, 0.05) is 27.9 Å². The molecule has 4 heteroatoms. The third kappa shape index (κ3) is 5.34. The molecule has 120 valence electrons. The highest BCUT2D eigenvalue weighted by Gasteiger charge is 2.30. The van der Waals surface area contributed by atoms with E-state index in [-0.39, 0.29) is 0 Å². The van der Waals surface area contributed by atoms with Crippen molar-refractivity contribution in [3.63, 3.8) is 0 Å². The van der Waals surface area contributed by atoms with Gasteiger partial charge in [-0.3, -0.25) is 0 Å². The molecule has 1 saturated carbocycles. The molecule has 2 rings (SSSR count). The summed E-state index contributed by atoms with van der Waals surface area (Å²) in [4.78, 5) is 1.44. The minimum absolute atomic E-state index is 0.345. The Morgan fingerprint density at radius 3 is 2.71 bits per heavy atom. The van der Waals surface area contributed by atoms with Crippen molar-refractivity contribution in [2.45, 2.75) is 64.0 Å². The van der Waals surface area contributed by atoms with Crippen LogP contribution in [-0.2, 0) is 11.2 Å². The second-order valence-electron chi connectivity index (χ2n) is 6.09. The van der Waals surface area contributed by atoms with Gasteiger partial charge < -0.3 is 10.1 Å². The first kappa shape index (κ1) is 17.5. The van der Waals surface area contributed by atoms with Crippen LogP contribution in [0.4, 0.5) is 0 Å². The minimum atomic E-state index is 0.345. The smallest absolute Gasteiger partial charge is 0.0755 e. The number of hydrogen-bond donors (Lipinski definition) is 1. The van der Waals surface area contributed by atoms with E-state index in [1.54, 1.807) is 0 Å². The highest BCUT2D eigenvalue weighted by molar-refractivity contribution is 9.10. The van der Waals surface area contributed by atoms with Crippen molar-refractivity contribution in [1.82, 2.24) is 5.32 Å². The summed E-state index contributed by atoms with van der Waals surface area (Å²) in [6.07, 6.45) is 9.39. The fraction of sp³-hybridized carbons (Fsp3) is 0.765. The van der Waals surface area contributed by atoms with Crippen molar-refractivity contribution >= 4 is 27.3 Å². The van der Waals surface area contributed by atoms with Gasteiger partial charge in [0.05, 0.1) is 6.10 Å². The summed E-state index contributed by atoms with van der Waals surface area (Å²) in [5.74, 6) is 0.724. The molecule has 0 saturated heterocycles. The maximum Gasteiger partial charge on any atom is 0.0755 e. The van der Waals surface area contributed by atoms with Crippen LogP contribution in [0.1, 0.15) is 50.3 Å². The highest BCUT2D eigenvalue weighted by atomic mass is 79.9. The third-order valence-electron chi connectivity index (χ3n) is 4.48. The molecule has 0 aromatic carbocycles. The first-order valence-corrected chi connectivity index (χ1v) is 9.91. The second-order valence-corrected chi connectivity index (χ2v) is 8.01. The first-order chi connectivity index (χ1) is 10.2. The van der Waals surface area contributed by atoms with E-state index in [1.807, 2.05) is 18.4 Å². The lowest BCUT2D eigenvalue weighted by Gasteiger charge is -2.35. The fourth-order valence-corrected chi connectivity index (χ4v) is 4.97. The van der Waals surface area contributed by atoms with Gasteiger partial charge in [-0.2, -0.15) is 0 Å². The van der Waals surface area contributed by atoms with Crippen LogP contribution in [0.2, 0.25) is 0 Å². The summed E-state index contributed by atoms with van der Waals surface area (Å²) in [7, 11) is 1.89. The lowest BCUT2D eigenvalue weighted by atomic mass is 9.81. The van der Waals surface area contributed by atoms with E-state index in [2.05, 4.69) is 39.6 Å². The summed E-state index contributed by atoms with van der Waals surface area (Å²) in [6, 6.07) is 2.68. The number of rotatable bonds is 8. The number of hydrogen-bond acceptors (Lipinski definition) is 3. The molecule has 1 aromatic rings. The number of ether oxygens (including phenoxy) is 1. The van der Waals surface area contributed by atoms with E-state index < -0.39 is 0 Å². The predicted octanol–water partition coefficient (Wildman–Crippen LogP) is 5.02. The largest absolute Gasteiger partial charge is 0.380 e. The number of methoxy groups -OCH3 is 1. The maximum atomic E-state index is 5.96. The molecule has 1 aliphatic carbocycles. The van der Waals surface area contributed by atoms with Crippen molar-refractivity contribution in [3.05, 3.63) is 20.8 Å². The molecule has 0 amide bonds. The Bertz CT molecular complexity index is 403. The Morgan fingerprint density at radius 1 is 1.38 bits per heavy atom. The maximum absolute atomic E-state index is 5.96. The highest BCUT2D eigenvalue weighted by Crippen LogP contribution is 2.31. The van der Waals surface area contributed by atoms with Gasteiger partial charge in [0.1, 0.15) is 0 Å². The van der Waals surface area contributed by atoms with Gasteiger partial charge in [-0.1, -0.05) is 26.2 Å². The van der Waals surface area contributed by atoms with Gasteiger partial charge in [0.15, 0.2) is 0 Å². The molecule has 2 nitrogen and oxygen atoms in total. The van der Waals surface area contributed by atoms with Gasteiger partial charge in [-0.25, -0.2) is 0 Å². The Morgan fingerprint density at radius 2 is 2.14 bits per heavy atom. The summed E-state index contributed by atoms with van der Waals surface area (Å²) >= 11 is 5.41.